The second-order valence-corrected chi connectivity index (χ2v) is 6.11. The molecule has 2 heterocycles. The first-order valence-corrected chi connectivity index (χ1v) is 7.54. The van der Waals surface area contributed by atoms with Crippen LogP contribution in [0.2, 0.25) is 0 Å². The van der Waals surface area contributed by atoms with Crippen LogP contribution in [0.4, 0.5) is 0 Å². The Morgan fingerprint density at radius 3 is 2.58 bits per heavy atom. The minimum atomic E-state index is 0.350. The number of nitrogens with zero attached hydrogens (tertiary/aromatic N) is 2. The van der Waals surface area contributed by atoms with Gasteiger partial charge in [-0.15, -0.1) is 0 Å². The quantitative estimate of drug-likeness (QED) is 0.883. The number of likely N-dealkylation sites (tertiary alicyclic amines) is 1. The molecule has 0 spiro atoms. The van der Waals surface area contributed by atoms with Gasteiger partial charge in [0.25, 0.3) is 0 Å². The zero-order valence-electron chi connectivity index (χ0n) is 12.5. The summed E-state index contributed by atoms with van der Waals surface area (Å²) in [4.78, 5) is 7.02. The van der Waals surface area contributed by atoms with Gasteiger partial charge in [0.15, 0.2) is 0 Å². The summed E-state index contributed by atoms with van der Waals surface area (Å²) in [6.07, 6.45) is 4.38. The maximum Gasteiger partial charge on any atom is 0.0570 e. The molecule has 0 saturated carbocycles. The van der Waals surface area contributed by atoms with Gasteiger partial charge in [0.05, 0.1) is 5.69 Å². The molecule has 0 bridgehead atoms. The Bertz CT molecular complexity index is 356. The van der Waals surface area contributed by atoms with Crippen molar-refractivity contribution in [3.8, 4) is 0 Å². The van der Waals surface area contributed by atoms with Crippen molar-refractivity contribution in [1.82, 2.24) is 15.2 Å². The van der Waals surface area contributed by atoms with Crippen LogP contribution in [0.25, 0.3) is 0 Å². The van der Waals surface area contributed by atoms with Crippen LogP contribution in [0, 0.1) is 5.92 Å². The maximum atomic E-state index is 4.43. The van der Waals surface area contributed by atoms with E-state index in [0.717, 1.165) is 11.6 Å². The molecule has 0 aromatic carbocycles. The van der Waals surface area contributed by atoms with E-state index in [2.05, 4.69) is 48.1 Å². The first kappa shape index (κ1) is 14.5. The number of aromatic nitrogens is 1. The Hall–Kier alpha value is -0.930. The molecule has 0 aliphatic carbocycles. The largest absolute Gasteiger partial charge is 0.306 e. The Morgan fingerprint density at radius 2 is 2.00 bits per heavy atom. The number of hydrogen-bond acceptors (Lipinski definition) is 3. The van der Waals surface area contributed by atoms with E-state index in [-0.39, 0.29) is 0 Å². The summed E-state index contributed by atoms with van der Waals surface area (Å²) in [5.74, 6) is 0.775. The lowest BCUT2D eigenvalue weighted by atomic mass is 10.0. The number of hydrogen-bond donors (Lipinski definition) is 1. The standard InChI is InChI=1S/C16H27N3/c1-13(2)12-19-10-7-15(8-11-19)18-14(3)16-6-4-5-9-17-16/h4-6,9,13-15,18H,7-8,10-12H2,1-3H3. The van der Waals surface area contributed by atoms with Gasteiger partial charge in [-0.25, -0.2) is 0 Å². The molecule has 1 fully saturated rings. The van der Waals surface area contributed by atoms with Crippen molar-refractivity contribution in [2.24, 2.45) is 5.92 Å². The fourth-order valence-corrected chi connectivity index (χ4v) is 2.87. The van der Waals surface area contributed by atoms with E-state index in [4.69, 9.17) is 0 Å². The monoisotopic (exact) mass is 261 g/mol. The van der Waals surface area contributed by atoms with Crippen molar-refractivity contribution in [2.45, 2.75) is 45.7 Å². The van der Waals surface area contributed by atoms with E-state index in [1.54, 1.807) is 0 Å². The molecule has 106 valence electrons. The van der Waals surface area contributed by atoms with Crippen LogP contribution in [-0.4, -0.2) is 35.6 Å². The van der Waals surface area contributed by atoms with Crippen molar-refractivity contribution in [3.63, 3.8) is 0 Å². The van der Waals surface area contributed by atoms with E-state index in [1.165, 1.54) is 32.5 Å². The smallest absolute Gasteiger partial charge is 0.0570 e. The third-order valence-corrected chi connectivity index (χ3v) is 3.83. The second-order valence-electron chi connectivity index (χ2n) is 6.11. The first-order valence-electron chi connectivity index (χ1n) is 7.54. The Kier molecular flexibility index (Phi) is 5.34. The molecule has 1 aliphatic rings. The van der Waals surface area contributed by atoms with Crippen molar-refractivity contribution >= 4 is 0 Å². The summed E-state index contributed by atoms with van der Waals surface area (Å²) in [6.45, 7) is 10.5. The Labute approximate surface area is 117 Å². The van der Waals surface area contributed by atoms with Gasteiger partial charge in [0.1, 0.15) is 0 Å². The molecular weight excluding hydrogens is 234 g/mol. The first-order chi connectivity index (χ1) is 9.15. The number of rotatable bonds is 5. The van der Waals surface area contributed by atoms with Gasteiger partial charge in [-0.05, 0) is 50.9 Å². The van der Waals surface area contributed by atoms with Gasteiger partial charge in [-0.3, -0.25) is 4.98 Å². The molecule has 1 aliphatic heterocycles. The minimum absolute atomic E-state index is 0.350. The zero-order chi connectivity index (χ0) is 13.7. The predicted molar refractivity (Wildman–Crippen MR) is 80.1 cm³/mol. The van der Waals surface area contributed by atoms with Crippen LogP contribution in [0.15, 0.2) is 24.4 Å². The lowest BCUT2D eigenvalue weighted by Gasteiger charge is -2.34. The highest BCUT2D eigenvalue weighted by Crippen LogP contribution is 2.16. The highest BCUT2D eigenvalue weighted by molar-refractivity contribution is 5.08. The molecule has 2 rings (SSSR count). The van der Waals surface area contributed by atoms with Gasteiger partial charge in [0, 0.05) is 24.8 Å². The van der Waals surface area contributed by atoms with E-state index in [9.17, 15) is 0 Å². The lowest BCUT2D eigenvalue weighted by molar-refractivity contribution is 0.175. The number of piperidine rings is 1. The van der Waals surface area contributed by atoms with Crippen LogP contribution in [0.3, 0.4) is 0 Å². The average molecular weight is 261 g/mol. The highest BCUT2D eigenvalue weighted by atomic mass is 15.1. The minimum Gasteiger partial charge on any atom is -0.306 e. The van der Waals surface area contributed by atoms with Crippen LogP contribution in [-0.2, 0) is 0 Å². The highest BCUT2D eigenvalue weighted by Gasteiger charge is 2.21. The topological polar surface area (TPSA) is 28.2 Å². The Balaban J connectivity index is 1.76. The van der Waals surface area contributed by atoms with Crippen LogP contribution in [0.1, 0.15) is 45.3 Å². The fraction of sp³-hybridized carbons (Fsp3) is 0.688. The second kappa shape index (κ2) is 7.01. The van der Waals surface area contributed by atoms with Gasteiger partial charge in [-0.2, -0.15) is 0 Å². The van der Waals surface area contributed by atoms with Crippen molar-refractivity contribution in [3.05, 3.63) is 30.1 Å². The lowest BCUT2D eigenvalue weighted by Crippen LogP contribution is -2.44. The normalized spacial score (nSPS) is 19.8. The summed E-state index contributed by atoms with van der Waals surface area (Å²) < 4.78 is 0. The van der Waals surface area contributed by atoms with Gasteiger partial charge in [-0.1, -0.05) is 19.9 Å². The van der Waals surface area contributed by atoms with E-state index in [1.807, 2.05) is 12.3 Å². The molecule has 1 N–H and O–H groups in total. The molecule has 0 amide bonds. The number of nitrogens with one attached hydrogen (secondary N) is 1. The van der Waals surface area contributed by atoms with Gasteiger partial charge >= 0.3 is 0 Å². The molecule has 3 heteroatoms. The summed E-state index contributed by atoms with van der Waals surface area (Å²) in [7, 11) is 0. The Morgan fingerprint density at radius 1 is 1.26 bits per heavy atom. The molecule has 1 saturated heterocycles. The molecule has 19 heavy (non-hydrogen) atoms. The summed E-state index contributed by atoms with van der Waals surface area (Å²) in [5.41, 5.74) is 1.15. The maximum absolute atomic E-state index is 4.43. The molecule has 3 nitrogen and oxygen atoms in total. The predicted octanol–water partition coefficient (Wildman–Crippen LogP) is 2.85. The van der Waals surface area contributed by atoms with Crippen LogP contribution in [0.5, 0.6) is 0 Å². The van der Waals surface area contributed by atoms with Gasteiger partial charge in [0.2, 0.25) is 0 Å². The zero-order valence-corrected chi connectivity index (χ0v) is 12.5. The summed E-state index contributed by atoms with van der Waals surface area (Å²) in [6, 6.07) is 7.13. The molecule has 0 radical (unpaired) electrons. The van der Waals surface area contributed by atoms with E-state index in [0.29, 0.717) is 12.1 Å². The van der Waals surface area contributed by atoms with Crippen molar-refractivity contribution in [1.29, 1.82) is 0 Å². The molecular formula is C16H27N3. The molecule has 1 atom stereocenters. The fourth-order valence-electron chi connectivity index (χ4n) is 2.87. The molecule has 1 aromatic rings. The molecule has 1 aromatic heterocycles. The molecule has 1 unspecified atom stereocenters. The average Bonchev–Trinajstić information content (AvgIpc) is 2.41. The van der Waals surface area contributed by atoms with Gasteiger partial charge < -0.3 is 10.2 Å². The SMILES string of the molecule is CC(C)CN1CCC(NC(C)c2ccccn2)CC1. The number of pyridine rings is 1. The third kappa shape index (κ3) is 4.59. The van der Waals surface area contributed by atoms with Crippen LogP contribution >= 0.6 is 0 Å². The van der Waals surface area contributed by atoms with Crippen LogP contribution < -0.4 is 5.32 Å². The van der Waals surface area contributed by atoms with E-state index < -0.39 is 0 Å². The third-order valence-electron chi connectivity index (χ3n) is 3.83. The van der Waals surface area contributed by atoms with Crippen molar-refractivity contribution < 1.29 is 0 Å². The van der Waals surface area contributed by atoms with Crippen molar-refractivity contribution in [2.75, 3.05) is 19.6 Å². The summed E-state index contributed by atoms with van der Waals surface area (Å²) in [5, 5.41) is 3.72. The van der Waals surface area contributed by atoms with E-state index >= 15 is 0 Å². The summed E-state index contributed by atoms with van der Waals surface area (Å²) >= 11 is 0.